The summed E-state index contributed by atoms with van der Waals surface area (Å²) in [6.45, 7) is 1.86. The van der Waals surface area contributed by atoms with Crippen LogP contribution in [0.3, 0.4) is 0 Å². The van der Waals surface area contributed by atoms with Gasteiger partial charge >= 0.3 is 18.1 Å². The number of benzene rings is 1. The summed E-state index contributed by atoms with van der Waals surface area (Å²) >= 11 is 1.29. The maximum absolute atomic E-state index is 12.8. The van der Waals surface area contributed by atoms with Gasteiger partial charge < -0.3 is 15.4 Å². The van der Waals surface area contributed by atoms with Crippen molar-refractivity contribution in [2.75, 3.05) is 11.9 Å². The van der Waals surface area contributed by atoms with E-state index >= 15 is 0 Å². The normalized spacial score (nSPS) is 14.2. The van der Waals surface area contributed by atoms with Crippen molar-refractivity contribution in [3.63, 3.8) is 0 Å². The van der Waals surface area contributed by atoms with Crippen molar-refractivity contribution in [3.8, 4) is 0 Å². The first-order valence-corrected chi connectivity index (χ1v) is 11.1. The van der Waals surface area contributed by atoms with Gasteiger partial charge in [0.05, 0.1) is 24.6 Å². The van der Waals surface area contributed by atoms with Crippen LogP contribution in [0.1, 0.15) is 58.6 Å². The van der Waals surface area contributed by atoms with Crippen molar-refractivity contribution in [3.05, 3.63) is 51.9 Å². The Bertz CT molecular complexity index is 989. The third-order valence-corrected chi connectivity index (χ3v) is 6.27. The largest absolute Gasteiger partial charge is 0.471 e. The molecule has 2 N–H and O–H groups in total. The average Bonchev–Trinajstić information content (AvgIpc) is 3.11. The first-order chi connectivity index (χ1) is 15.2. The summed E-state index contributed by atoms with van der Waals surface area (Å²) in [6.07, 6.45) is -2.13. The molecule has 2 amide bonds. The standard InChI is InChI=1S/C22H23F3N2O4S/c1-2-31-20(29)18-14-10-6-7-11-16(14)32-19(18)27-17(28)12-15(13-8-4-3-5-9-13)26-21(30)22(23,24)25/h3-5,8-9,15H,2,6-7,10-12H2,1H3,(H,26,30)(H,27,28). The van der Waals surface area contributed by atoms with E-state index < -0.39 is 36.4 Å². The van der Waals surface area contributed by atoms with Crippen LogP contribution in [0.5, 0.6) is 0 Å². The molecule has 0 radical (unpaired) electrons. The molecule has 1 aromatic carbocycles. The van der Waals surface area contributed by atoms with Gasteiger partial charge in [0, 0.05) is 4.88 Å². The van der Waals surface area contributed by atoms with Crippen molar-refractivity contribution in [2.45, 2.75) is 51.2 Å². The van der Waals surface area contributed by atoms with Gasteiger partial charge in [-0.2, -0.15) is 13.2 Å². The van der Waals surface area contributed by atoms with Crippen LogP contribution in [0.25, 0.3) is 0 Å². The maximum atomic E-state index is 12.8. The van der Waals surface area contributed by atoms with E-state index in [0.29, 0.717) is 22.5 Å². The molecule has 1 aromatic heterocycles. The summed E-state index contributed by atoms with van der Waals surface area (Å²) in [5.74, 6) is -3.28. The first-order valence-electron chi connectivity index (χ1n) is 10.2. The second-order valence-electron chi connectivity index (χ2n) is 7.32. The Hall–Kier alpha value is -2.88. The van der Waals surface area contributed by atoms with Crippen LogP contribution in [-0.4, -0.2) is 30.6 Å². The molecular weight excluding hydrogens is 445 g/mol. The van der Waals surface area contributed by atoms with Crippen LogP contribution < -0.4 is 10.6 Å². The summed E-state index contributed by atoms with van der Waals surface area (Å²) in [4.78, 5) is 37.8. The number of fused-ring (bicyclic) bond motifs is 1. The van der Waals surface area contributed by atoms with Crippen LogP contribution in [0, 0.1) is 0 Å². The smallest absolute Gasteiger partial charge is 0.462 e. The molecule has 2 aromatic rings. The molecule has 0 fully saturated rings. The van der Waals surface area contributed by atoms with E-state index in [-0.39, 0.29) is 6.61 Å². The fourth-order valence-corrected chi connectivity index (χ4v) is 4.91. The molecule has 1 aliphatic rings. The van der Waals surface area contributed by atoms with Crippen molar-refractivity contribution < 1.29 is 32.3 Å². The summed E-state index contributed by atoms with van der Waals surface area (Å²) in [6, 6.07) is 6.75. The molecule has 1 aliphatic carbocycles. The second-order valence-corrected chi connectivity index (χ2v) is 8.43. The summed E-state index contributed by atoms with van der Waals surface area (Å²) in [5.41, 5.74) is 1.53. The third-order valence-electron chi connectivity index (χ3n) is 5.06. The van der Waals surface area contributed by atoms with Crippen molar-refractivity contribution >= 4 is 34.1 Å². The summed E-state index contributed by atoms with van der Waals surface area (Å²) < 4.78 is 43.5. The van der Waals surface area contributed by atoms with Crippen LogP contribution in [0.2, 0.25) is 0 Å². The molecule has 0 aliphatic heterocycles. The molecule has 0 saturated heterocycles. The predicted molar refractivity (Wildman–Crippen MR) is 114 cm³/mol. The SMILES string of the molecule is CCOC(=O)c1c(NC(=O)CC(NC(=O)C(F)(F)F)c2ccccc2)sc2c1CCCC2. The number of aryl methyl sites for hydroxylation is 1. The molecule has 10 heteroatoms. The Morgan fingerprint density at radius 3 is 2.47 bits per heavy atom. The summed E-state index contributed by atoms with van der Waals surface area (Å²) in [7, 11) is 0. The predicted octanol–water partition coefficient (Wildman–Crippen LogP) is 4.55. The molecule has 1 atom stereocenters. The lowest BCUT2D eigenvalue weighted by molar-refractivity contribution is -0.174. The van der Waals surface area contributed by atoms with E-state index in [1.54, 1.807) is 25.1 Å². The number of carbonyl (C=O) groups excluding carboxylic acids is 3. The zero-order valence-corrected chi connectivity index (χ0v) is 18.2. The number of hydrogen-bond donors (Lipinski definition) is 2. The number of carbonyl (C=O) groups is 3. The molecule has 1 heterocycles. The molecule has 0 bridgehead atoms. The fourth-order valence-electron chi connectivity index (χ4n) is 3.61. The van der Waals surface area contributed by atoms with Gasteiger partial charge in [-0.1, -0.05) is 30.3 Å². The van der Waals surface area contributed by atoms with Gasteiger partial charge in [0.1, 0.15) is 5.00 Å². The number of hydrogen-bond acceptors (Lipinski definition) is 5. The number of esters is 1. The first kappa shape index (κ1) is 23.8. The number of rotatable bonds is 7. The number of thiophene rings is 1. The van der Waals surface area contributed by atoms with Crippen LogP contribution in [-0.2, 0) is 27.2 Å². The van der Waals surface area contributed by atoms with Crippen LogP contribution in [0.15, 0.2) is 30.3 Å². The number of ether oxygens (including phenoxy) is 1. The van der Waals surface area contributed by atoms with Crippen molar-refractivity contribution in [1.29, 1.82) is 0 Å². The highest BCUT2D eigenvalue weighted by molar-refractivity contribution is 7.17. The Labute approximate surface area is 187 Å². The molecule has 6 nitrogen and oxygen atoms in total. The van der Waals surface area contributed by atoms with E-state index in [0.717, 1.165) is 29.7 Å². The molecule has 1 unspecified atom stereocenters. The highest BCUT2D eigenvalue weighted by Crippen LogP contribution is 2.39. The Morgan fingerprint density at radius 2 is 1.81 bits per heavy atom. The Balaban J connectivity index is 1.82. The molecule has 0 spiro atoms. The van der Waals surface area contributed by atoms with Gasteiger partial charge in [-0.05, 0) is 43.7 Å². The minimum atomic E-state index is -5.08. The van der Waals surface area contributed by atoms with E-state index in [4.69, 9.17) is 4.74 Å². The van der Waals surface area contributed by atoms with Gasteiger partial charge in [-0.15, -0.1) is 11.3 Å². The highest BCUT2D eigenvalue weighted by Gasteiger charge is 2.40. The lowest BCUT2D eigenvalue weighted by Crippen LogP contribution is -2.40. The second kappa shape index (κ2) is 10.2. The number of halogens is 3. The van der Waals surface area contributed by atoms with E-state index in [2.05, 4.69) is 5.32 Å². The maximum Gasteiger partial charge on any atom is 0.471 e. The molecule has 0 saturated carbocycles. The lowest BCUT2D eigenvalue weighted by Gasteiger charge is -2.20. The van der Waals surface area contributed by atoms with Gasteiger partial charge in [-0.3, -0.25) is 9.59 Å². The lowest BCUT2D eigenvalue weighted by atomic mass is 9.95. The van der Waals surface area contributed by atoms with Crippen LogP contribution >= 0.6 is 11.3 Å². The zero-order chi connectivity index (χ0) is 23.3. The van der Waals surface area contributed by atoms with Gasteiger partial charge in [0.25, 0.3) is 0 Å². The Kier molecular flexibility index (Phi) is 7.55. The minimum Gasteiger partial charge on any atom is -0.462 e. The fraction of sp³-hybridized carbons (Fsp3) is 0.409. The quantitative estimate of drug-likeness (QED) is 0.584. The van der Waals surface area contributed by atoms with E-state index in [9.17, 15) is 27.6 Å². The number of anilines is 1. The van der Waals surface area contributed by atoms with Crippen molar-refractivity contribution in [1.82, 2.24) is 5.32 Å². The van der Waals surface area contributed by atoms with E-state index in [1.807, 2.05) is 5.32 Å². The third kappa shape index (κ3) is 5.67. The number of nitrogens with one attached hydrogen (secondary N) is 2. The Morgan fingerprint density at radius 1 is 1.12 bits per heavy atom. The monoisotopic (exact) mass is 468 g/mol. The number of alkyl halides is 3. The molecule has 3 rings (SSSR count). The average molecular weight is 468 g/mol. The van der Waals surface area contributed by atoms with Crippen molar-refractivity contribution in [2.24, 2.45) is 0 Å². The highest BCUT2D eigenvalue weighted by atomic mass is 32.1. The topological polar surface area (TPSA) is 84.5 Å². The van der Waals surface area contributed by atoms with Gasteiger partial charge in [0.15, 0.2) is 0 Å². The van der Waals surface area contributed by atoms with Gasteiger partial charge in [-0.25, -0.2) is 4.79 Å². The minimum absolute atomic E-state index is 0.177. The zero-order valence-electron chi connectivity index (χ0n) is 17.4. The molecular formula is C22H23F3N2O4S. The summed E-state index contributed by atoms with van der Waals surface area (Å²) in [5, 5.41) is 4.88. The molecule has 172 valence electrons. The number of amides is 2. The van der Waals surface area contributed by atoms with Gasteiger partial charge in [0.2, 0.25) is 5.91 Å². The molecule has 32 heavy (non-hydrogen) atoms. The van der Waals surface area contributed by atoms with E-state index in [1.165, 1.54) is 23.5 Å². The van der Waals surface area contributed by atoms with Crippen LogP contribution in [0.4, 0.5) is 18.2 Å².